The van der Waals surface area contributed by atoms with Crippen LogP contribution in [0.25, 0.3) is 0 Å². The van der Waals surface area contributed by atoms with Crippen LogP contribution >= 0.6 is 0 Å². The molecule has 0 aliphatic heterocycles. The van der Waals surface area contributed by atoms with Crippen LogP contribution in [-0.2, 0) is 19.6 Å². The van der Waals surface area contributed by atoms with Crippen molar-refractivity contribution >= 4 is 33.6 Å². The molecular weight excluding hydrogens is 398 g/mol. The molecule has 4 N–H and O–H groups in total. The number of hydrogen-bond donors (Lipinski definition) is 3. The lowest BCUT2D eigenvalue weighted by Crippen LogP contribution is -2.45. The van der Waals surface area contributed by atoms with Gasteiger partial charge in [0, 0.05) is 5.69 Å². The highest BCUT2D eigenvalue weighted by Gasteiger charge is 2.28. The van der Waals surface area contributed by atoms with Crippen LogP contribution in [-0.4, -0.2) is 32.4 Å². The fourth-order valence-corrected chi connectivity index (χ4v) is 3.46. The molecule has 2 rings (SSSR count). The third-order valence-corrected chi connectivity index (χ3v) is 5.15. The Morgan fingerprint density at radius 3 is 2.24 bits per heavy atom. The van der Waals surface area contributed by atoms with Crippen molar-refractivity contribution in [2.75, 3.05) is 4.72 Å². The molecular formula is C19H21N3O6S. The summed E-state index contributed by atoms with van der Waals surface area (Å²) in [5.74, 6) is -2.14. The molecule has 0 spiro atoms. The molecule has 0 aliphatic carbocycles. The number of ether oxygens (including phenoxy) is 1. The van der Waals surface area contributed by atoms with Crippen molar-refractivity contribution in [2.45, 2.75) is 24.8 Å². The maximum absolute atomic E-state index is 12.4. The van der Waals surface area contributed by atoms with E-state index >= 15 is 0 Å². The predicted molar refractivity (Wildman–Crippen MR) is 105 cm³/mol. The van der Waals surface area contributed by atoms with E-state index in [1.54, 1.807) is 32.0 Å². The van der Waals surface area contributed by atoms with E-state index < -0.39 is 40.0 Å². The number of nitrogens with two attached hydrogens (primary N) is 1. The average molecular weight is 419 g/mol. The molecule has 29 heavy (non-hydrogen) atoms. The summed E-state index contributed by atoms with van der Waals surface area (Å²) < 4.78 is 32.4. The third kappa shape index (κ3) is 6.04. The number of carbonyl (C=O) groups is 3. The molecule has 0 radical (unpaired) electrons. The van der Waals surface area contributed by atoms with Crippen LogP contribution in [0.5, 0.6) is 0 Å². The quantitative estimate of drug-likeness (QED) is 0.584. The highest BCUT2D eigenvalue weighted by Crippen LogP contribution is 2.19. The van der Waals surface area contributed by atoms with Gasteiger partial charge in [-0.1, -0.05) is 38.1 Å². The Balaban J connectivity index is 2.18. The van der Waals surface area contributed by atoms with Gasteiger partial charge in [0.1, 0.15) is 0 Å². The lowest BCUT2D eigenvalue weighted by atomic mass is 10.1. The minimum atomic E-state index is -3.84. The Morgan fingerprint density at radius 1 is 1.00 bits per heavy atom. The van der Waals surface area contributed by atoms with Gasteiger partial charge in [0.05, 0.1) is 10.5 Å². The molecule has 0 bridgehead atoms. The molecule has 1 atom stereocenters. The zero-order chi connectivity index (χ0) is 21.6. The molecule has 0 saturated carbocycles. The molecule has 0 aliphatic rings. The summed E-state index contributed by atoms with van der Waals surface area (Å²) in [4.78, 5) is 35.4. The standard InChI is InChI=1S/C19H21N3O6S/c1-12(2)16(17(23)21-19(20)25)28-18(24)13-7-6-8-14(11-13)22-29(26,27)15-9-4-3-5-10-15/h3-12,16,22H,1-2H3,(H3,20,21,23,25)/t16-/m1/s1. The molecule has 10 heteroatoms. The summed E-state index contributed by atoms with van der Waals surface area (Å²) in [6.07, 6.45) is -1.25. The van der Waals surface area contributed by atoms with Crippen molar-refractivity contribution in [1.82, 2.24) is 5.32 Å². The van der Waals surface area contributed by atoms with E-state index in [1.165, 1.54) is 36.4 Å². The van der Waals surface area contributed by atoms with Crippen LogP contribution in [0, 0.1) is 5.92 Å². The minimum absolute atomic E-state index is 0.0239. The molecule has 3 amide bonds. The number of hydrogen-bond acceptors (Lipinski definition) is 6. The summed E-state index contributed by atoms with van der Waals surface area (Å²) in [6.45, 7) is 3.26. The SMILES string of the molecule is CC(C)[C@@H](OC(=O)c1cccc(NS(=O)(=O)c2ccccc2)c1)C(=O)NC(N)=O. The van der Waals surface area contributed by atoms with Gasteiger partial charge in [-0.15, -0.1) is 0 Å². The minimum Gasteiger partial charge on any atom is -0.448 e. The third-order valence-electron chi connectivity index (χ3n) is 3.75. The van der Waals surface area contributed by atoms with Gasteiger partial charge in [0.25, 0.3) is 15.9 Å². The van der Waals surface area contributed by atoms with E-state index in [-0.39, 0.29) is 16.1 Å². The van der Waals surface area contributed by atoms with Crippen molar-refractivity contribution in [1.29, 1.82) is 0 Å². The number of sulfonamides is 1. The van der Waals surface area contributed by atoms with Crippen molar-refractivity contribution in [3.05, 3.63) is 60.2 Å². The van der Waals surface area contributed by atoms with Gasteiger partial charge in [-0.3, -0.25) is 14.8 Å². The number of nitrogens with one attached hydrogen (secondary N) is 2. The number of esters is 1. The van der Waals surface area contributed by atoms with E-state index in [2.05, 4.69) is 4.72 Å². The second-order valence-electron chi connectivity index (χ2n) is 6.42. The number of carbonyl (C=O) groups excluding carboxylic acids is 3. The van der Waals surface area contributed by atoms with Crippen LogP contribution in [0.2, 0.25) is 0 Å². The molecule has 2 aromatic rings. The molecule has 0 saturated heterocycles. The number of urea groups is 1. The van der Waals surface area contributed by atoms with Crippen LogP contribution < -0.4 is 15.8 Å². The van der Waals surface area contributed by atoms with Gasteiger partial charge in [0.15, 0.2) is 6.10 Å². The van der Waals surface area contributed by atoms with Gasteiger partial charge in [0.2, 0.25) is 0 Å². The summed E-state index contributed by atoms with van der Waals surface area (Å²) in [5, 5.41) is 1.87. The van der Waals surface area contributed by atoms with Crippen molar-refractivity contribution in [3.63, 3.8) is 0 Å². The summed E-state index contributed by atoms with van der Waals surface area (Å²) in [5.41, 5.74) is 5.09. The molecule has 0 aromatic heterocycles. The van der Waals surface area contributed by atoms with E-state index in [4.69, 9.17) is 10.5 Å². The van der Waals surface area contributed by atoms with Crippen LogP contribution in [0.4, 0.5) is 10.5 Å². The molecule has 9 nitrogen and oxygen atoms in total. The number of benzene rings is 2. The molecule has 2 aromatic carbocycles. The van der Waals surface area contributed by atoms with Crippen molar-refractivity contribution < 1.29 is 27.5 Å². The fraction of sp³-hybridized carbons (Fsp3) is 0.211. The Kier molecular flexibility index (Phi) is 6.94. The van der Waals surface area contributed by atoms with Crippen molar-refractivity contribution in [2.24, 2.45) is 11.7 Å². The maximum atomic E-state index is 12.4. The molecule has 0 unspecified atom stereocenters. The fourth-order valence-electron chi connectivity index (χ4n) is 2.39. The molecule has 154 valence electrons. The first-order valence-corrected chi connectivity index (χ1v) is 10.1. The van der Waals surface area contributed by atoms with E-state index in [9.17, 15) is 22.8 Å². The van der Waals surface area contributed by atoms with Gasteiger partial charge in [-0.25, -0.2) is 18.0 Å². The highest BCUT2D eigenvalue weighted by molar-refractivity contribution is 7.92. The predicted octanol–water partition coefficient (Wildman–Crippen LogP) is 1.86. The highest BCUT2D eigenvalue weighted by atomic mass is 32.2. The second-order valence-corrected chi connectivity index (χ2v) is 8.11. The number of amides is 3. The van der Waals surface area contributed by atoms with Gasteiger partial charge < -0.3 is 10.5 Å². The maximum Gasteiger partial charge on any atom is 0.338 e. The first kappa shape index (κ1) is 21.9. The number of anilines is 1. The summed E-state index contributed by atoms with van der Waals surface area (Å²) in [6, 6.07) is 12.3. The van der Waals surface area contributed by atoms with Crippen molar-refractivity contribution in [3.8, 4) is 0 Å². The normalized spacial score (nSPS) is 12.1. The Hall–Kier alpha value is -3.40. The number of rotatable bonds is 7. The monoisotopic (exact) mass is 419 g/mol. The number of imide groups is 1. The smallest absolute Gasteiger partial charge is 0.338 e. The van der Waals surface area contributed by atoms with Gasteiger partial charge >= 0.3 is 12.0 Å². The first-order chi connectivity index (χ1) is 13.6. The van der Waals surface area contributed by atoms with Crippen LogP contribution in [0.1, 0.15) is 24.2 Å². The van der Waals surface area contributed by atoms with Gasteiger partial charge in [-0.05, 0) is 36.2 Å². The molecule has 0 heterocycles. The Bertz CT molecular complexity index is 1010. The van der Waals surface area contributed by atoms with Crippen LogP contribution in [0.3, 0.4) is 0 Å². The molecule has 0 fully saturated rings. The van der Waals surface area contributed by atoms with E-state index in [0.29, 0.717) is 0 Å². The second kappa shape index (κ2) is 9.20. The van der Waals surface area contributed by atoms with E-state index in [1.807, 2.05) is 5.32 Å². The lowest BCUT2D eigenvalue weighted by Gasteiger charge is -2.20. The summed E-state index contributed by atoms with van der Waals surface area (Å²) in [7, 11) is -3.84. The topological polar surface area (TPSA) is 145 Å². The zero-order valence-electron chi connectivity index (χ0n) is 15.8. The number of primary amides is 1. The summed E-state index contributed by atoms with van der Waals surface area (Å²) >= 11 is 0. The lowest BCUT2D eigenvalue weighted by molar-refractivity contribution is -0.130. The first-order valence-electron chi connectivity index (χ1n) is 8.59. The van der Waals surface area contributed by atoms with E-state index in [0.717, 1.165) is 0 Å². The largest absolute Gasteiger partial charge is 0.448 e. The Labute approximate surface area is 168 Å². The average Bonchev–Trinajstić information content (AvgIpc) is 2.65. The van der Waals surface area contributed by atoms with Crippen LogP contribution in [0.15, 0.2) is 59.5 Å². The zero-order valence-corrected chi connectivity index (χ0v) is 16.6. The van der Waals surface area contributed by atoms with Gasteiger partial charge in [-0.2, -0.15) is 0 Å². The Morgan fingerprint density at radius 2 is 1.66 bits per heavy atom.